The number of benzene rings is 2. The second kappa shape index (κ2) is 6.88. The highest BCUT2D eigenvalue weighted by Crippen LogP contribution is 2.23. The molecular weight excluding hydrogens is 343 g/mol. The third-order valence-electron chi connectivity index (χ3n) is 4.12. The summed E-state index contributed by atoms with van der Waals surface area (Å²) in [5.74, 6) is 0.0546. The molecule has 1 aromatic heterocycles. The fourth-order valence-corrected chi connectivity index (χ4v) is 3.48. The van der Waals surface area contributed by atoms with E-state index in [2.05, 4.69) is 4.98 Å². The normalized spacial score (nSPS) is 11.0. The highest BCUT2D eigenvalue weighted by molar-refractivity contribution is 6.34. The quantitative estimate of drug-likeness (QED) is 0.699. The Morgan fingerprint density at radius 1 is 1.12 bits per heavy atom. The van der Waals surface area contributed by atoms with Gasteiger partial charge in [0.25, 0.3) is 0 Å². The van der Waals surface area contributed by atoms with Crippen LogP contribution in [-0.2, 0) is 17.8 Å². The number of hydrogen-bond donors (Lipinski definition) is 1. The van der Waals surface area contributed by atoms with Crippen molar-refractivity contribution in [3.8, 4) is 0 Å². The van der Waals surface area contributed by atoms with Crippen molar-refractivity contribution in [1.82, 2.24) is 9.88 Å². The molecule has 0 bridgehead atoms. The van der Waals surface area contributed by atoms with Gasteiger partial charge in [0.15, 0.2) is 0 Å². The minimum atomic E-state index is 0.0546. The van der Waals surface area contributed by atoms with Crippen LogP contribution in [0.4, 0.5) is 0 Å². The molecule has 0 spiro atoms. The minimum Gasteiger partial charge on any atom is -0.358 e. The van der Waals surface area contributed by atoms with E-state index in [0.29, 0.717) is 23.0 Å². The summed E-state index contributed by atoms with van der Waals surface area (Å²) in [6.45, 7) is 2.47. The average Bonchev–Trinajstić information content (AvgIpc) is 2.82. The number of halogens is 2. The van der Waals surface area contributed by atoms with Crippen LogP contribution in [0.3, 0.4) is 0 Å². The van der Waals surface area contributed by atoms with E-state index in [-0.39, 0.29) is 5.91 Å². The van der Waals surface area contributed by atoms with Crippen LogP contribution in [0.25, 0.3) is 10.9 Å². The van der Waals surface area contributed by atoms with E-state index in [1.165, 1.54) is 0 Å². The lowest BCUT2D eigenvalue weighted by Crippen LogP contribution is -2.27. The van der Waals surface area contributed by atoms with Gasteiger partial charge in [-0.05, 0) is 42.3 Å². The van der Waals surface area contributed by atoms with Gasteiger partial charge in [-0.2, -0.15) is 0 Å². The lowest BCUT2D eigenvalue weighted by molar-refractivity contribution is -0.129. The first-order valence-electron chi connectivity index (χ1n) is 7.69. The van der Waals surface area contributed by atoms with Gasteiger partial charge in [0.1, 0.15) is 0 Å². The average molecular weight is 361 g/mol. The summed E-state index contributed by atoms with van der Waals surface area (Å²) in [6, 6.07) is 13.4. The fraction of sp³-hybridized carbons (Fsp3) is 0.211. The molecule has 124 valence electrons. The van der Waals surface area contributed by atoms with Gasteiger partial charge in [-0.15, -0.1) is 0 Å². The molecule has 3 nitrogen and oxygen atoms in total. The summed E-state index contributed by atoms with van der Waals surface area (Å²) in [5, 5.41) is 2.25. The van der Waals surface area contributed by atoms with E-state index in [1.807, 2.05) is 43.3 Å². The number of amides is 1. The molecule has 0 saturated carbocycles. The number of H-pyrrole nitrogens is 1. The van der Waals surface area contributed by atoms with E-state index in [9.17, 15) is 4.79 Å². The number of nitrogens with one attached hydrogen (secondary N) is 1. The molecule has 0 atom stereocenters. The van der Waals surface area contributed by atoms with Gasteiger partial charge in [0, 0.05) is 40.2 Å². The Morgan fingerprint density at radius 2 is 1.79 bits per heavy atom. The summed E-state index contributed by atoms with van der Waals surface area (Å²) < 4.78 is 0. The van der Waals surface area contributed by atoms with E-state index in [1.54, 1.807) is 18.0 Å². The molecule has 0 aliphatic heterocycles. The van der Waals surface area contributed by atoms with Gasteiger partial charge in [0.05, 0.1) is 6.42 Å². The molecule has 0 radical (unpaired) electrons. The van der Waals surface area contributed by atoms with Crippen molar-refractivity contribution in [2.75, 3.05) is 7.05 Å². The van der Waals surface area contributed by atoms with E-state index < -0.39 is 0 Å². The largest absolute Gasteiger partial charge is 0.358 e. The highest BCUT2D eigenvalue weighted by atomic mass is 35.5. The first-order chi connectivity index (χ1) is 11.4. The predicted octanol–water partition coefficient (Wildman–Crippen LogP) is 4.98. The van der Waals surface area contributed by atoms with Crippen molar-refractivity contribution in [3.63, 3.8) is 0 Å². The number of rotatable bonds is 4. The van der Waals surface area contributed by atoms with Crippen molar-refractivity contribution in [2.45, 2.75) is 19.9 Å². The molecule has 24 heavy (non-hydrogen) atoms. The molecule has 3 rings (SSSR count). The van der Waals surface area contributed by atoms with Gasteiger partial charge in [-0.3, -0.25) is 4.79 Å². The number of aryl methyl sites for hydroxylation is 1. The molecule has 1 heterocycles. The maximum absolute atomic E-state index is 12.6. The number of likely N-dealkylation sites (N-methyl/N-ethyl adjacent to an activating group) is 1. The molecule has 1 amide bonds. The molecule has 5 heteroatoms. The molecule has 0 unspecified atom stereocenters. The Morgan fingerprint density at radius 3 is 2.50 bits per heavy atom. The number of carbonyl (C=O) groups excluding carboxylic acids is 1. The molecule has 0 aliphatic rings. The van der Waals surface area contributed by atoms with E-state index in [0.717, 1.165) is 27.7 Å². The number of para-hydroxylation sites is 1. The minimum absolute atomic E-state index is 0.0546. The van der Waals surface area contributed by atoms with Gasteiger partial charge < -0.3 is 9.88 Å². The number of hydrogen-bond acceptors (Lipinski definition) is 1. The zero-order chi connectivity index (χ0) is 17.3. The van der Waals surface area contributed by atoms with Crippen LogP contribution in [0.15, 0.2) is 42.5 Å². The Hall–Kier alpha value is -1.97. The molecule has 1 N–H and O–H groups in total. The van der Waals surface area contributed by atoms with Crippen molar-refractivity contribution in [1.29, 1.82) is 0 Å². The van der Waals surface area contributed by atoms with Crippen LogP contribution in [0.5, 0.6) is 0 Å². The smallest absolute Gasteiger partial charge is 0.227 e. The van der Waals surface area contributed by atoms with Crippen molar-refractivity contribution in [3.05, 3.63) is 69.3 Å². The third kappa shape index (κ3) is 3.58. The number of aromatic amines is 1. The number of fused-ring (bicyclic) bond motifs is 1. The van der Waals surface area contributed by atoms with Crippen LogP contribution >= 0.6 is 23.2 Å². The maximum Gasteiger partial charge on any atom is 0.227 e. The first kappa shape index (κ1) is 16.9. The van der Waals surface area contributed by atoms with Gasteiger partial charge in [-0.25, -0.2) is 0 Å². The SMILES string of the molecule is Cc1[nH]c2ccccc2c1CC(=O)N(C)Cc1cc(Cl)cc(Cl)c1. The second-order valence-corrected chi connectivity index (χ2v) is 6.85. The summed E-state index contributed by atoms with van der Waals surface area (Å²) >= 11 is 12.0. The van der Waals surface area contributed by atoms with Gasteiger partial charge >= 0.3 is 0 Å². The van der Waals surface area contributed by atoms with Crippen LogP contribution in [0.2, 0.25) is 10.0 Å². The molecule has 0 fully saturated rings. The first-order valence-corrected chi connectivity index (χ1v) is 8.45. The topological polar surface area (TPSA) is 36.1 Å². The Labute approximate surface area is 151 Å². The Balaban J connectivity index is 1.77. The van der Waals surface area contributed by atoms with Crippen molar-refractivity contribution >= 4 is 40.0 Å². The number of nitrogens with zero attached hydrogens (tertiary/aromatic N) is 1. The number of aromatic nitrogens is 1. The summed E-state index contributed by atoms with van der Waals surface area (Å²) in [6.07, 6.45) is 0.362. The van der Waals surface area contributed by atoms with Crippen LogP contribution in [0, 0.1) is 6.92 Å². The lowest BCUT2D eigenvalue weighted by Gasteiger charge is -2.18. The summed E-state index contributed by atoms with van der Waals surface area (Å²) in [4.78, 5) is 17.7. The van der Waals surface area contributed by atoms with Crippen molar-refractivity contribution in [2.24, 2.45) is 0 Å². The summed E-state index contributed by atoms with van der Waals surface area (Å²) in [5.41, 5.74) is 4.05. The van der Waals surface area contributed by atoms with Gasteiger partial charge in [-0.1, -0.05) is 41.4 Å². The molecular formula is C19H18Cl2N2O. The zero-order valence-electron chi connectivity index (χ0n) is 13.6. The zero-order valence-corrected chi connectivity index (χ0v) is 15.1. The highest BCUT2D eigenvalue weighted by Gasteiger charge is 2.16. The molecule has 3 aromatic rings. The van der Waals surface area contributed by atoms with E-state index in [4.69, 9.17) is 23.2 Å². The maximum atomic E-state index is 12.6. The third-order valence-corrected chi connectivity index (χ3v) is 4.56. The summed E-state index contributed by atoms with van der Waals surface area (Å²) in [7, 11) is 1.79. The second-order valence-electron chi connectivity index (χ2n) is 5.98. The number of carbonyl (C=O) groups is 1. The predicted molar refractivity (Wildman–Crippen MR) is 99.7 cm³/mol. The molecule has 0 saturated heterocycles. The monoisotopic (exact) mass is 360 g/mol. The standard InChI is InChI=1S/C19H18Cl2N2O/c1-12-17(16-5-3-4-6-18(16)22-12)10-19(24)23(2)11-13-7-14(20)9-15(21)8-13/h3-9,22H,10-11H2,1-2H3. The Bertz CT molecular complexity index is 881. The molecule has 0 aliphatic carbocycles. The molecule has 2 aromatic carbocycles. The van der Waals surface area contributed by atoms with Crippen LogP contribution in [-0.4, -0.2) is 22.8 Å². The lowest BCUT2D eigenvalue weighted by atomic mass is 10.1. The van der Waals surface area contributed by atoms with Crippen LogP contribution in [0.1, 0.15) is 16.8 Å². The van der Waals surface area contributed by atoms with Crippen molar-refractivity contribution < 1.29 is 4.79 Å². The fourth-order valence-electron chi connectivity index (χ4n) is 2.91. The van der Waals surface area contributed by atoms with Gasteiger partial charge in [0.2, 0.25) is 5.91 Å². The van der Waals surface area contributed by atoms with Crippen LogP contribution < -0.4 is 0 Å². The Kier molecular flexibility index (Phi) is 4.83. The van der Waals surface area contributed by atoms with E-state index >= 15 is 0 Å².